The van der Waals surface area contributed by atoms with Crippen molar-refractivity contribution in [2.45, 2.75) is 97.3 Å². The zero-order valence-electron chi connectivity index (χ0n) is 22.0. The van der Waals surface area contributed by atoms with Crippen LogP contribution in [-0.2, 0) is 14.3 Å². The summed E-state index contributed by atoms with van der Waals surface area (Å²) in [6.45, 7) is 9.61. The van der Waals surface area contributed by atoms with Crippen LogP contribution < -0.4 is 4.90 Å². The van der Waals surface area contributed by atoms with Gasteiger partial charge in [-0.05, 0) is 85.1 Å². The average molecular weight is 514 g/mol. The van der Waals surface area contributed by atoms with Gasteiger partial charge in [0.05, 0.1) is 29.4 Å². The number of carboxylic acid groups (broad SMARTS) is 1. The molecule has 36 heavy (non-hydrogen) atoms. The van der Waals surface area contributed by atoms with Crippen LogP contribution in [0.2, 0.25) is 0 Å². The zero-order valence-corrected chi connectivity index (χ0v) is 22.8. The first-order valence-electron chi connectivity index (χ1n) is 13.2. The maximum atomic E-state index is 14.0. The van der Waals surface area contributed by atoms with Crippen LogP contribution in [0.15, 0.2) is 17.7 Å². The molecule has 7 heteroatoms. The molecule has 6 nitrogen and oxygen atoms in total. The quantitative estimate of drug-likeness (QED) is 0.371. The molecule has 1 N–H and O–H groups in total. The Morgan fingerprint density at radius 2 is 1.89 bits per heavy atom. The Labute approximate surface area is 219 Å². The van der Waals surface area contributed by atoms with E-state index in [2.05, 4.69) is 24.8 Å². The molecule has 1 amide bonds. The van der Waals surface area contributed by atoms with E-state index in [1.54, 1.807) is 0 Å². The van der Waals surface area contributed by atoms with Gasteiger partial charge in [-0.25, -0.2) is 4.79 Å². The molecule has 0 spiro atoms. The molecule has 0 radical (unpaired) electrons. The predicted octanol–water partition coefficient (Wildman–Crippen LogP) is 6.04. The number of carbonyl (C=O) groups excluding carboxylic acids is 1. The molecular weight excluding hydrogens is 474 g/mol. The summed E-state index contributed by atoms with van der Waals surface area (Å²) in [4.78, 5) is 29.0. The molecule has 2 fully saturated rings. The van der Waals surface area contributed by atoms with Gasteiger partial charge in [-0.2, -0.15) is 0 Å². The fourth-order valence-electron chi connectivity index (χ4n) is 5.24. The summed E-state index contributed by atoms with van der Waals surface area (Å²) in [6, 6.07) is 1.79. The summed E-state index contributed by atoms with van der Waals surface area (Å²) < 4.78 is 11.7. The first kappa shape index (κ1) is 26.9. The molecule has 4 rings (SSSR count). The Hall–Kier alpha value is -2.14. The van der Waals surface area contributed by atoms with Gasteiger partial charge < -0.3 is 19.5 Å². The third-order valence-corrected chi connectivity index (χ3v) is 8.26. The van der Waals surface area contributed by atoms with E-state index in [1.165, 1.54) is 16.9 Å². The minimum Gasteiger partial charge on any atom is -0.477 e. The molecule has 0 bridgehead atoms. The second kappa shape index (κ2) is 11.5. The number of ether oxygens (including phenoxy) is 2. The Bertz CT molecular complexity index is 1040. The Morgan fingerprint density at radius 1 is 1.14 bits per heavy atom. The van der Waals surface area contributed by atoms with E-state index >= 15 is 0 Å². The lowest BCUT2D eigenvalue weighted by Gasteiger charge is -2.39. The van der Waals surface area contributed by atoms with E-state index in [0.717, 1.165) is 51.6 Å². The summed E-state index contributed by atoms with van der Waals surface area (Å²) in [5, 5.41) is 10.1. The summed E-state index contributed by atoms with van der Waals surface area (Å²) in [5.41, 5.74) is 1.63. The van der Waals surface area contributed by atoms with Crippen molar-refractivity contribution in [3.05, 3.63) is 27.5 Å². The number of amides is 1. The Morgan fingerprint density at radius 3 is 2.47 bits per heavy atom. The first-order chi connectivity index (χ1) is 17.1. The van der Waals surface area contributed by atoms with Crippen molar-refractivity contribution in [3.8, 4) is 11.8 Å². The maximum absolute atomic E-state index is 14.0. The van der Waals surface area contributed by atoms with Crippen LogP contribution in [-0.4, -0.2) is 48.4 Å². The molecule has 3 aliphatic rings. The second-order valence-corrected chi connectivity index (χ2v) is 12.5. The van der Waals surface area contributed by atoms with E-state index in [4.69, 9.17) is 9.47 Å². The number of allylic oxidation sites excluding steroid dienone is 2. The molecule has 1 saturated carbocycles. The minimum atomic E-state index is -1.01. The average Bonchev–Trinajstić information content (AvgIpc) is 3.49. The van der Waals surface area contributed by atoms with Crippen LogP contribution in [0.5, 0.6) is 0 Å². The van der Waals surface area contributed by atoms with Crippen LogP contribution in [0.4, 0.5) is 5.69 Å². The molecule has 1 aromatic heterocycles. The number of hydrogen-bond donors (Lipinski definition) is 1. The first-order valence-corrected chi connectivity index (χ1v) is 14.0. The normalized spacial score (nSPS) is 26.6. The van der Waals surface area contributed by atoms with Crippen LogP contribution in [0.25, 0.3) is 0 Å². The van der Waals surface area contributed by atoms with Crippen molar-refractivity contribution in [3.63, 3.8) is 0 Å². The lowest BCUT2D eigenvalue weighted by molar-refractivity contribution is -0.123. The fourth-order valence-corrected chi connectivity index (χ4v) is 6.08. The van der Waals surface area contributed by atoms with Crippen LogP contribution >= 0.6 is 11.3 Å². The number of rotatable bonds is 6. The molecule has 2 heterocycles. The highest BCUT2D eigenvalue weighted by molar-refractivity contribution is 7.15. The second-order valence-electron chi connectivity index (χ2n) is 11.4. The van der Waals surface area contributed by atoms with Gasteiger partial charge in [-0.3, -0.25) is 4.79 Å². The highest BCUT2D eigenvalue weighted by atomic mass is 32.1. The molecule has 2 aliphatic carbocycles. The van der Waals surface area contributed by atoms with E-state index in [1.807, 2.05) is 31.7 Å². The zero-order chi connectivity index (χ0) is 25.9. The van der Waals surface area contributed by atoms with Gasteiger partial charge in [-0.15, -0.1) is 11.3 Å². The monoisotopic (exact) mass is 513 g/mol. The summed E-state index contributed by atoms with van der Waals surface area (Å²) in [5.74, 6) is 5.28. The third-order valence-electron chi connectivity index (χ3n) is 7.23. The maximum Gasteiger partial charge on any atom is 0.348 e. The number of carbonyl (C=O) groups is 2. The summed E-state index contributed by atoms with van der Waals surface area (Å²) in [7, 11) is 0. The molecule has 0 aromatic carbocycles. The van der Waals surface area contributed by atoms with E-state index in [9.17, 15) is 14.7 Å². The fraction of sp³-hybridized carbons (Fsp3) is 0.655. The van der Waals surface area contributed by atoms with Gasteiger partial charge in [0.1, 0.15) is 4.88 Å². The van der Waals surface area contributed by atoms with Crippen molar-refractivity contribution in [1.82, 2.24) is 0 Å². The van der Waals surface area contributed by atoms with Crippen molar-refractivity contribution >= 4 is 28.9 Å². The lowest BCUT2D eigenvalue weighted by atomic mass is 9.86. The van der Waals surface area contributed by atoms with Crippen molar-refractivity contribution in [2.75, 3.05) is 18.1 Å². The number of hydrogen-bond acceptors (Lipinski definition) is 5. The van der Waals surface area contributed by atoms with Crippen molar-refractivity contribution < 1.29 is 24.2 Å². The molecule has 0 unspecified atom stereocenters. The topological polar surface area (TPSA) is 76.1 Å². The number of aromatic carboxylic acids is 1. The number of thiophene rings is 1. The molecule has 1 aromatic rings. The standard InChI is InChI=1S/C29H39NO5S/c1-19-5-7-20(8-6-19)27(31)30(21-9-11-22(12-10-21)35-23-14-16-34-18-23)25-17-24(13-15-29(2,3)4)36-26(25)28(32)33/h5,17,20-23H,6-12,14,16,18H2,1-4H3,(H,32,33)/t20-,21-,22-,23-/m0/s1. The van der Waals surface area contributed by atoms with Gasteiger partial charge in [0.15, 0.2) is 0 Å². The highest BCUT2D eigenvalue weighted by Gasteiger charge is 2.37. The molecular formula is C29H39NO5S. The smallest absolute Gasteiger partial charge is 0.348 e. The van der Waals surface area contributed by atoms with Crippen LogP contribution in [0.1, 0.15) is 93.6 Å². The molecule has 196 valence electrons. The van der Waals surface area contributed by atoms with Gasteiger partial charge in [-0.1, -0.05) is 23.5 Å². The Balaban J connectivity index is 1.61. The van der Waals surface area contributed by atoms with Crippen LogP contribution in [0, 0.1) is 23.2 Å². The lowest BCUT2D eigenvalue weighted by Crippen LogP contribution is -2.47. The molecule has 1 saturated heterocycles. The van der Waals surface area contributed by atoms with E-state index in [0.29, 0.717) is 23.6 Å². The van der Waals surface area contributed by atoms with Gasteiger partial charge in [0.25, 0.3) is 0 Å². The Kier molecular flexibility index (Phi) is 8.59. The molecule has 2 atom stereocenters. The van der Waals surface area contributed by atoms with Crippen molar-refractivity contribution in [1.29, 1.82) is 0 Å². The van der Waals surface area contributed by atoms with E-state index in [-0.39, 0.29) is 40.4 Å². The summed E-state index contributed by atoms with van der Waals surface area (Å²) in [6.07, 6.45) is 9.17. The highest BCUT2D eigenvalue weighted by Crippen LogP contribution is 2.38. The number of anilines is 1. The molecule has 1 aliphatic heterocycles. The minimum absolute atomic E-state index is 0.0414. The van der Waals surface area contributed by atoms with Gasteiger partial charge in [0.2, 0.25) is 5.91 Å². The number of nitrogens with zero attached hydrogens (tertiary/aromatic N) is 1. The largest absolute Gasteiger partial charge is 0.477 e. The van der Waals surface area contributed by atoms with Gasteiger partial charge >= 0.3 is 5.97 Å². The predicted molar refractivity (Wildman–Crippen MR) is 143 cm³/mol. The van der Waals surface area contributed by atoms with E-state index < -0.39 is 5.97 Å². The third kappa shape index (κ3) is 6.79. The van der Waals surface area contributed by atoms with Crippen LogP contribution in [0.3, 0.4) is 0 Å². The van der Waals surface area contributed by atoms with Gasteiger partial charge in [0, 0.05) is 24.0 Å². The SMILES string of the molecule is CC1=CC[C@H](C(=O)N(c2cc(C#CC(C)(C)C)sc2C(=O)O)[C@H]2CC[C@H](O[C@H]3CCOC3)CC2)CC1. The summed E-state index contributed by atoms with van der Waals surface area (Å²) >= 11 is 1.17. The van der Waals surface area contributed by atoms with Crippen molar-refractivity contribution in [2.24, 2.45) is 11.3 Å². The number of carboxylic acids is 1.